The molecule has 1 rings (SSSR count). The zero-order chi connectivity index (χ0) is 8.43. The van der Waals surface area contributed by atoms with Crippen molar-refractivity contribution in [2.24, 2.45) is 0 Å². The molecule has 0 radical (unpaired) electrons. The number of carboxylic acid groups (broad SMARTS) is 2. The van der Waals surface area contributed by atoms with Gasteiger partial charge in [-0.1, -0.05) is 0 Å². The highest BCUT2D eigenvalue weighted by Crippen LogP contribution is 2.16. The fourth-order valence-electron chi connectivity index (χ4n) is 1.25. The molecule has 1 amide bonds. The van der Waals surface area contributed by atoms with Crippen molar-refractivity contribution in [2.45, 2.75) is 18.9 Å². The Morgan fingerprint density at radius 2 is 2.00 bits per heavy atom. The Kier molecular flexibility index (Phi) is 1.98. The molecule has 0 bridgehead atoms. The molecule has 1 aliphatic heterocycles. The van der Waals surface area contributed by atoms with E-state index in [9.17, 15) is 9.59 Å². The van der Waals surface area contributed by atoms with E-state index in [1.807, 2.05) is 0 Å². The van der Waals surface area contributed by atoms with Crippen molar-refractivity contribution >= 4 is 12.1 Å². The van der Waals surface area contributed by atoms with E-state index in [2.05, 4.69) is 0 Å². The maximum Gasteiger partial charge on any atom is 0.408 e. The first-order chi connectivity index (χ1) is 5.13. The van der Waals surface area contributed by atoms with Crippen molar-refractivity contribution in [3.63, 3.8) is 0 Å². The molecule has 11 heavy (non-hydrogen) atoms. The highest BCUT2D eigenvalue weighted by Gasteiger charge is 2.33. The lowest BCUT2D eigenvalue weighted by Gasteiger charge is -2.16. The van der Waals surface area contributed by atoms with E-state index in [1.54, 1.807) is 0 Å². The third-order valence-electron chi connectivity index (χ3n) is 1.78. The zero-order valence-corrected chi connectivity index (χ0v) is 5.86. The maximum absolute atomic E-state index is 10.4. The predicted octanol–water partition coefficient (Wildman–Crippen LogP) is 0.213. The highest BCUT2D eigenvalue weighted by atomic mass is 16.4. The van der Waals surface area contributed by atoms with Crippen LogP contribution in [0.1, 0.15) is 12.8 Å². The van der Waals surface area contributed by atoms with Crippen molar-refractivity contribution in [1.29, 1.82) is 0 Å². The minimum atomic E-state index is -1.14. The Hall–Kier alpha value is -1.26. The largest absolute Gasteiger partial charge is 0.480 e. The molecule has 0 aliphatic carbocycles. The van der Waals surface area contributed by atoms with Gasteiger partial charge >= 0.3 is 12.1 Å². The normalized spacial score (nSPS) is 23.6. The second kappa shape index (κ2) is 2.77. The number of likely N-dealkylation sites (tertiary alicyclic amines) is 1. The van der Waals surface area contributed by atoms with Crippen LogP contribution in [0.25, 0.3) is 0 Å². The molecule has 0 aromatic carbocycles. The first-order valence-corrected chi connectivity index (χ1v) is 3.35. The van der Waals surface area contributed by atoms with Gasteiger partial charge in [0.1, 0.15) is 6.04 Å². The summed E-state index contributed by atoms with van der Waals surface area (Å²) in [5.74, 6) is -1.05. The minimum absolute atomic E-state index is 0.340. The van der Waals surface area contributed by atoms with E-state index >= 15 is 0 Å². The van der Waals surface area contributed by atoms with E-state index in [4.69, 9.17) is 10.2 Å². The molecule has 62 valence electrons. The number of nitrogens with zero attached hydrogens (tertiary/aromatic N) is 1. The van der Waals surface area contributed by atoms with Gasteiger partial charge in [-0.25, -0.2) is 9.59 Å². The van der Waals surface area contributed by atoms with Crippen LogP contribution < -0.4 is 0 Å². The highest BCUT2D eigenvalue weighted by molar-refractivity contribution is 5.79. The molecule has 0 saturated carbocycles. The van der Waals surface area contributed by atoms with Crippen LogP contribution in [-0.2, 0) is 4.79 Å². The maximum atomic E-state index is 10.4. The number of amides is 1. The summed E-state index contributed by atoms with van der Waals surface area (Å²) in [6, 6.07) is -0.826. The summed E-state index contributed by atoms with van der Waals surface area (Å²) in [5, 5.41) is 17.0. The lowest BCUT2D eigenvalue weighted by molar-refractivity contribution is -0.141. The van der Waals surface area contributed by atoms with Crippen molar-refractivity contribution in [3.8, 4) is 0 Å². The van der Waals surface area contributed by atoms with Crippen LogP contribution >= 0.6 is 0 Å². The van der Waals surface area contributed by atoms with Crippen LogP contribution in [0.4, 0.5) is 4.79 Å². The molecule has 2 N–H and O–H groups in total. The molecule has 1 unspecified atom stereocenters. The molecule has 1 saturated heterocycles. The van der Waals surface area contributed by atoms with Gasteiger partial charge in [0.2, 0.25) is 0 Å². The van der Waals surface area contributed by atoms with Gasteiger partial charge in [0.15, 0.2) is 0 Å². The van der Waals surface area contributed by atoms with Gasteiger partial charge in [-0.3, -0.25) is 4.90 Å². The molecular weight excluding hydrogens is 150 g/mol. The lowest BCUT2D eigenvalue weighted by atomic mass is 10.2. The summed E-state index contributed by atoms with van der Waals surface area (Å²) >= 11 is 0. The average Bonchev–Trinajstić information content (AvgIpc) is 2.32. The number of carboxylic acids is 1. The summed E-state index contributed by atoms with van der Waals surface area (Å²) < 4.78 is 0. The smallest absolute Gasteiger partial charge is 0.408 e. The Labute approximate surface area is 63.2 Å². The van der Waals surface area contributed by atoms with Gasteiger partial charge < -0.3 is 10.2 Å². The predicted molar refractivity (Wildman–Crippen MR) is 35.4 cm³/mol. The van der Waals surface area contributed by atoms with E-state index in [1.165, 1.54) is 0 Å². The van der Waals surface area contributed by atoms with Gasteiger partial charge in [0.05, 0.1) is 0 Å². The van der Waals surface area contributed by atoms with Crippen LogP contribution in [0.2, 0.25) is 0 Å². The topological polar surface area (TPSA) is 77.8 Å². The Morgan fingerprint density at radius 1 is 1.36 bits per heavy atom. The van der Waals surface area contributed by atoms with E-state index < -0.39 is 18.1 Å². The first-order valence-electron chi connectivity index (χ1n) is 3.35. The summed E-state index contributed by atoms with van der Waals surface area (Å²) in [5.41, 5.74) is 0. The van der Waals surface area contributed by atoms with Crippen molar-refractivity contribution < 1.29 is 19.8 Å². The summed E-state index contributed by atoms with van der Waals surface area (Å²) in [7, 11) is 0. The summed E-state index contributed by atoms with van der Waals surface area (Å²) in [6.45, 7) is 0.340. The van der Waals surface area contributed by atoms with Crippen molar-refractivity contribution in [1.82, 2.24) is 4.90 Å². The van der Waals surface area contributed by atoms with Crippen molar-refractivity contribution in [2.75, 3.05) is 6.54 Å². The average molecular weight is 159 g/mol. The molecule has 0 aromatic heterocycles. The van der Waals surface area contributed by atoms with E-state index in [0.717, 1.165) is 4.90 Å². The van der Waals surface area contributed by atoms with Gasteiger partial charge in [-0.15, -0.1) is 0 Å². The van der Waals surface area contributed by atoms with Gasteiger partial charge in [0, 0.05) is 6.54 Å². The van der Waals surface area contributed by atoms with Crippen LogP contribution in [-0.4, -0.2) is 39.8 Å². The van der Waals surface area contributed by atoms with Gasteiger partial charge in [-0.2, -0.15) is 0 Å². The molecule has 5 nitrogen and oxygen atoms in total. The lowest BCUT2D eigenvalue weighted by Crippen LogP contribution is -2.39. The summed E-state index contributed by atoms with van der Waals surface area (Å²) in [4.78, 5) is 21.8. The molecule has 1 atom stereocenters. The minimum Gasteiger partial charge on any atom is -0.480 e. The first kappa shape index (κ1) is 7.84. The monoisotopic (exact) mass is 159 g/mol. The molecule has 1 aliphatic rings. The second-order valence-electron chi connectivity index (χ2n) is 2.47. The molecule has 0 spiro atoms. The zero-order valence-electron chi connectivity index (χ0n) is 5.86. The number of hydrogen-bond acceptors (Lipinski definition) is 2. The fraction of sp³-hybridized carbons (Fsp3) is 0.667. The Balaban J connectivity index is 2.65. The SMILES string of the molecule is O=C(O)C1CCCN1C(=O)O. The number of rotatable bonds is 1. The summed E-state index contributed by atoms with van der Waals surface area (Å²) in [6.07, 6.45) is -0.0693. The second-order valence-corrected chi connectivity index (χ2v) is 2.47. The quantitative estimate of drug-likeness (QED) is 0.573. The number of hydrogen-bond donors (Lipinski definition) is 2. The molecule has 0 aromatic rings. The number of aliphatic carboxylic acids is 1. The molecule has 5 heteroatoms. The molecule has 1 heterocycles. The molecule has 1 fully saturated rings. The van der Waals surface area contributed by atoms with Crippen molar-refractivity contribution in [3.05, 3.63) is 0 Å². The van der Waals surface area contributed by atoms with Crippen LogP contribution in [0.5, 0.6) is 0 Å². The van der Waals surface area contributed by atoms with Crippen LogP contribution in [0, 0.1) is 0 Å². The Bertz CT molecular complexity index is 171. The molecular formula is C6H9NO4. The third-order valence-corrected chi connectivity index (χ3v) is 1.78. The van der Waals surface area contributed by atoms with E-state index in [0.29, 0.717) is 19.4 Å². The Morgan fingerprint density at radius 3 is 2.36 bits per heavy atom. The van der Waals surface area contributed by atoms with E-state index in [-0.39, 0.29) is 0 Å². The van der Waals surface area contributed by atoms with Crippen LogP contribution in [0.3, 0.4) is 0 Å². The van der Waals surface area contributed by atoms with Gasteiger partial charge in [0.25, 0.3) is 0 Å². The third kappa shape index (κ3) is 1.42. The number of carbonyl (C=O) groups is 2. The van der Waals surface area contributed by atoms with Crippen LogP contribution in [0.15, 0.2) is 0 Å². The van der Waals surface area contributed by atoms with Gasteiger partial charge in [-0.05, 0) is 12.8 Å². The standard InChI is InChI=1S/C6H9NO4/c8-5(9)4-2-1-3-7(4)6(10)11/h4H,1-3H2,(H,8,9)(H,10,11). The fourth-order valence-corrected chi connectivity index (χ4v) is 1.25.